The highest BCUT2D eigenvalue weighted by Crippen LogP contribution is 2.25. The predicted octanol–water partition coefficient (Wildman–Crippen LogP) is 2.56. The highest BCUT2D eigenvalue weighted by atomic mass is 16.3. The number of imide groups is 1. The maximum absolute atomic E-state index is 12.6. The zero-order valence-corrected chi connectivity index (χ0v) is 14.4. The molecule has 1 heterocycles. The van der Waals surface area contributed by atoms with E-state index in [2.05, 4.69) is 0 Å². The van der Waals surface area contributed by atoms with Gasteiger partial charge in [-0.25, -0.2) is 0 Å². The lowest BCUT2D eigenvalue weighted by Gasteiger charge is -2.32. The van der Waals surface area contributed by atoms with E-state index in [-0.39, 0.29) is 17.9 Å². The van der Waals surface area contributed by atoms with Crippen LogP contribution >= 0.6 is 0 Å². The van der Waals surface area contributed by atoms with Gasteiger partial charge in [-0.05, 0) is 38.1 Å². The van der Waals surface area contributed by atoms with E-state index in [4.69, 9.17) is 0 Å². The van der Waals surface area contributed by atoms with Crippen LogP contribution in [-0.2, 0) is 0 Å². The number of hydrogen-bond donors (Lipinski definition) is 1. The van der Waals surface area contributed by atoms with Crippen LogP contribution in [0.2, 0.25) is 0 Å². The van der Waals surface area contributed by atoms with Crippen LogP contribution in [0, 0.1) is 0 Å². The van der Waals surface area contributed by atoms with E-state index < -0.39 is 6.10 Å². The number of carbonyl (C=O) groups is 2. The van der Waals surface area contributed by atoms with Crippen molar-refractivity contribution in [2.24, 2.45) is 0 Å². The average Bonchev–Trinajstić information content (AvgIpc) is 2.86. The number of rotatable bonds is 6. The summed E-state index contributed by atoms with van der Waals surface area (Å²) < 4.78 is 0. The van der Waals surface area contributed by atoms with E-state index >= 15 is 0 Å². The van der Waals surface area contributed by atoms with Crippen molar-refractivity contribution in [1.29, 1.82) is 0 Å². The Morgan fingerprint density at radius 1 is 0.880 bits per heavy atom. The fourth-order valence-electron chi connectivity index (χ4n) is 3.25. The lowest BCUT2D eigenvalue weighted by atomic mass is 10.1. The first-order chi connectivity index (χ1) is 12.0. The van der Waals surface area contributed by atoms with Crippen molar-refractivity contribution in [2.45, 2.75) is 26.0 Å². The van der Waals surface area contributed by atoms with Crippen molar-refractivity contribution in [1.82, 2.24) is 4.90 Å². The average molecular weight is 338 g/mol. The number of fused-ring (bicyclic) bond motifs is 1. The molecule has 1 N–H and O–H groups in total. The van der Waals surface area contributed by atoms with Crippen LogP contribution in [0.5, 0.6) is 0 Å². The largest absolute Gasteiger partial charge is 0.392 e. The topological polar surface area (TPSA) is 60.9 Å². The van der Waals surface area contributed by atoms with Gasteiger partial charge in [-0.3, -0.25) is 14.5 Å². The number of aliphatic hydroxyl groups excluding tert-OH is 1. The van der Waals surface area contributed by atoms with Gasteiger partial charge in [-0.1, -0.05) is 30.3 Å². The van der Waals surface area contributed by atoms with E-state index in [0.29, 0.717) is 24.2 Å². The lowest BCUT2D eigenvalue weighted by Crippen LogP contribution is -2.46. The van der Waals surface area contributed by atoms with Crippen LogP contribution in [0.25, 0.3) is 0 Å². The standard InChI is InChI=1S/C20H22N2O3/c1-14(12-21(13-15(2)23)16-8-4-3-5-9-16)22-19(24)17-10-6-7-11-18(17)20(22)25/h3-11,14-15,23H,12-13H2,1-2H3. The summed E-state index contributed by atoms with van der Waals surface area (Å²) in [7, 11) is 0. The number of carbonyl (C=O) groups excluding carboxylic acids is 2. The number of anilines is 1. The first kappa shape index (κ1) is 17.2. The Labute approximate surface area is 147 Å². The molecule has 130 valence electrons. The Morgan fingerprint density at radius 3 is 1.92 bits per heavy atom. The Kier molecular flexibility index (Phi) is 4.86. The van der Waals surface area contributed by atoms with Gasteiger partial charge >= 0.3 is 0 Å². The first-order valence-electron chi connectivity index (χ1n) is 8.44. The van der Waals surface area contributed by atoms with Gasteiger partial charge in [0.1, 0.15) is 0 Å². The van der Waals surface area contributed by atoms with Crippen molar-refractivity contribution in [3.05, 3.63) is 65.7 Å². The van der Waals surface area contributed by atoms with Gasteiger partial charge in [0.15, 0.2) is 0 Å². The third-order valence-corrected chi connectivity index (χ3v) is 4.36. The molecule has 0 saturated heterocycles. The quantitative estimate of drug-likeness (QED) is 0.823. The molecule has 0 spiro atoms. The Balaban J connectivity index is 1.82. The molecular weight excluding hydrogens is 316 g/mol. The van der Waals surface area contributed by atoms with Crippen LogP contribution in [-0.4, -0.2) is 47.1 Å². The van der Waals surface area contributed by atoms with Gasteiger partial charge in [0.2, 0.25) is 0 Å². The normalized spacial score (nSPS) is 15.9. The molecule has 1 aliphatic rings. The van der Waals surface area contributed by atoms with Crippen molar-refractivity contribution < 1.29 is 14.7 Å². The molecule has 0 aromatic heterocycles. The van der Waals surface area contributed by atoms with E-state index in [9.17, 15) is 14.7 Å². The van der Waals surface area contributed by atoms with Crippen molar-refractivity contribution in [2.75, 3.05) is 18.0 Å². The molecule has 2 atom stereocenters. The summed E-state index contributed by atoms with van der Waals surface area (Å²) in [5.74, 6) is -0.503. The number of amides is 2. The molecule has 2 aromatic rings. The minimum Gasteiger partial charge on any atom is -0.392 e. The van der Waals surface area contributed by atoms with Crippen molar-refractivity contribution in [3.8, 4) is 0 Å². The molecule has 5 nitrogen and oxygen atoms in total. The summed E-state index contributed by atoms with van der Waals surface area (Å²) in [6, 6.07) is 16.3. The van der Waals surface area contributed by atoms with Crippen LogP contribution in [0.1, 0.15) is 34.6 Å². The van der Waals surface area contributed by atoms with Crippen molar-refractivity contribution >= 4 is 17.5 Å². The molecule has 2 amide bonds. The molecule has 2 unspecified atom stereocenters. The van der Waals surface area contributed by atoms with Gasteiger partial charge < -0.3 is 10.0 Å². The maximum Gasteiger partial charge on any atom is 0.261 e. The first-order valence-corrected chi connectivity index (χ1v) is 8.44. The summed E-state index contributed by atoms with van der Waals surface area (Å²) in [5.41, 5.74) is 1.87. The van der Waals surface area contributed by atoms with E-state index in [1.165, 1.54) is 4.90 Å². The van der Waals surface area contributed by atoms with Gasteiger partial charge in [0, 0.05) is 18.8 Å². The van der Waals surface area contributed by atoms with Gasteiger partial charge in [0.25, 0.3) is 11.8 Å². The smallest absolute Gasteiger partial charge is 0.261 e. The zero-order valence-electron chi connectivity index (χ0n) is 14.4. The molecule has 3 rings (SSSR count). The van der Waals surface area contributed by atoms with E-state index in [1.807, 2.05) is 42.2 Å². The summed E-state index contributed by atoms with van der Waals surface area (Å²) in [6.45, 7) is 4.47. The van der Waals surface area contributed by atoms with Gasteiger partial charge in [-0.15, -0.1) is 0 Å². The third kappa shape index (κ3) is 3.42. The van der Waals surface area contributed by atoms with Gasteiger partial charge in [-0.2, -0.15) is 0 Å². The molecular formula is C20H22N2O3. The van der Waals surface area contributed by atoms with Crippen LogP contribution in [0.3, 0.4) is 0 Å². The molecule has 0 aliphatic carbocycles. The number of hydrogen-bond acceptors (Lipinski definition) is 4. The number of benzene rings is 2. The molecule has 2 aromatic carbocycles. The zero-order chi connectivity index (χ0) is 18.0. The molecule has 0 saturated carbocycles. The third-order valence-electron chi connectivity index (χ3n) is 4.36. The molecule has 25 heavy (non-hydrogen) atoms. The van der Waals surface area contributed by atoms with Crippen LogP contribution in [0.15, 0.2) is 54.6 Å². The van der Waals surface area contributed by atoms with Crippen LogP contribution < -0.4 is 4.90 Å². The van der Waals surface area contributed by atoms with Crippen LogP contribution in [0.4, 0.5) is 5.69 Å². The molecule has 1 aliphatic heterocycles. The fraction of sp³-hybridized carbons (Fsp3) is 0.300. The number of aliphatic hydroxyl groups is 1. The molecule has 0 fully saturated rings. The van der Waals surface area contributed by atoms with Crippen molar-refractivity contribution in [3.63, 3.8) is 0 Å². The summed E-state index contributed by atoms with van der Waals surface area (Å²) in [4.78, 5) is 28.6. The SMILES string of the molecule is CC(O)CN(CC(C)N1C(=O)c2ccccc2C1=O)c1ccccc1. The summed E-state index contributed by atoms with van der Waals surface area (Å²) in [5, 5.41) is 9.82. The minimum atomic E-state index is -0.519. The maximum atomic E-state index is 12.6. The number of nitrogens with zero attached hydrogens (tertiary/aromatic N) is 2. The Morgan fingerprint density at radius 2 is 1.40 bits per heavy atom. The molecule has 0 bridgehead atoms. The minimum absolute atomic E-state index is 0.252. The van der Waals surface area contributed by atoms with E-state index in [0.717, 1.165) is 5.69 Å². The lowest BCUT2D eigenvalue weighted by molar-refractivity contribution is 0.0600. The predicted molar refractivity (Wildman–Crippen MR) is 96.7 cm³/mol. The highest BCUT2D eigenvalue weighted by Gasteiger charge is 2.38. The highest BCUT2D eigenvalue weighted by molar-refractivity contribution is 6.21. The summed E-state index contributed by atoms with van der Waals surface area (Å²) >= 11 is 0. The second-order valence-electron chi connectivity index (χ2n) is 6.46. The number of para-hydroxylation sites is 1. The summed E-state index contributed by atoms with van der Waals surface area (Å²) in [6.07, 6.45) is -0.519. The fourth-order valence-corrected chi connectivity index (χ4v) is 3.25. The molecule has 0 radical (unpaired) electrons. The molecule has 5 heteroatoms. The Hall–Kier alpha value is -2.66. The van der Waals surface area contributed by atoms with E-state index in [1.54, 1.807) is 31.2 Å². The second kappa shape index (κ2) is 7.07. The monoisotopic (exact) mass is 338 g/mol. The second-order valence-corrected chi connectivity index (χ2v) is 6.46. The van der Waals surface area contributed by atoms with Gasteiger partial charge in [0.05, 0.1) is 23.3 Å². The Bertz CT molecular complexity index is 739.